The van der Waals surface area contributed by atoms with E-state index in [1.807, 2.05) is 19.9 Å². The van der Waals surface area contributed by atoms with Crippen molar-refractivity contribution in [3.63, 3.8) is 0 Å². The van der Waals surface area contributed by atoms with Crippen LogP contribution in [0.25, 0.3) is 6.08 Å². The zero-order chi connectivity index (χ0) is 26.4. The predicted molar refractivity (Wildman–Crippen MR) is 136 cm³/mol. The number of aryl methyl sites for hydroxylation is 1. The van der Waals surface area contributed by atoms with Crippen molar-refractivity contribution in [2.75, 3.05) is 0 Å². The first kappa shape index (κ1) is 29.3. The van der Waals surface area contributed by atoms with Gasteiger partial charge in [-0.3, -0.25) is 9.59 Å². The Bertz CT molecular complexity index is 949. The lowest BCUT2D eigenvalue weighted by Crippen LogP contribution is -2.50. The SMILES string of the molecule is CCC1C(=O)C(C)(C)CCC(=O)OC(C(F)=Cc2csc(C)n2)CC=C(C)CCCC(C)C1(O)O. The molecular weight excluding hydrogens is 469 g/mol. The molecule has 2 N–H and O–H groups in total. The minimum Gasteiger partial charge on any atom is -0.455 e. The number of hydrogen-bond acceptors (Lipinski definition) is 7. The number of thiazole rings is 1. The number of hydrogen-bond donors (Lipinski definition) is 2. The summed E-state index contributed by atoms with van der Waals surface area (Å²) < 4.78 is 20.7. The molecule has 35 heavy (non-hydrogen) atoms. The molecule has 6 nitrogen and oxygen atoms in total. The maximum Gasteiger partial charge on any atom is 0.306 e. The summed E-state index contributed by atoms with van der Waals surface area (Å²) in [6.45, 7) is 10.7. The standard InChI is InChI=1S/C27H40FNO5S/c1-7-21-25(31)26(5,6)14-13-24(30)34-23(22(28)15-20-16-35-19(4)29-20)12-11-17(2)9-8-10-18(3)27(21,32)33/h11,15-16,18,21,23,32-33H,7-10,12-14H2,1-6H3. The molecule has 8 heteroatoms. The normalized spacial score (nSPS) is 27.3. The molecule has 0 radical (unpaired) electrons. The van der Waals surface area contributed by atoms with Gasteiger partial charge in [-0.25, -0.2) is 9.37 Å². The van der Waals surface area contributed by atoms with E-state index in [2.05, 4.69) is 4.98 Å². The summed E-state index contributed by atoms with van der Waals surface area (Å²) in [5, 5.41) is 24.4. The van der Waals surface area contributed by atoms with Crippen LogP contribution in [-0.4, -0.2) is 38.8 Å². The minimum atomic E-state index is -2.13. The number of halogens is 1. The number of carbonyl (C=O) groups is 2. The maximum absolute atomic E-state index is 15.1. The zero-order valence-corrected chi connectivity index (χ0v) is 22.6. The number of allylic oxidation sites excluding steroid dienone is 1. The zero-order valence-electron chi connectivity index (χ0n) is 21.8. The lowest BCUT2D eigenvalue weighted by Gasteiger charge is -2.39. The molecule has 1 aliphatic heterocycles. The van der Waals surface area contributed by atoms with Gasteiger partial charge >= 0.3 is 5.97 Å². The number of carbonyl (C=O) groups excluding carboxylic acids is 2. The van der Waals surface area contributed by atoms with E-state index in [-0.39, 0.29) is 31.5 Å². The van der Waals surface area contributed by atoms with E-state index < -0.39 is 40.9 Å². The molecule has 1 aliphatic rings. The number of esters is 1. The Labute approximate surface area is 212 Å². The second kappa shape index (κ2) is 12.4. The summed E-state index contributed by atoms with van der Waals surface area (Å²) in [7, 11) is 0. The molecular formula is C27H40FNO5S. The van der Waals surface area contributed by atoms with Crippen molar-refractivity contribution in [2.45, 2.75) is 98.4 Å². The van der Waals surface area contributed by atoms with Gasteiger partial charge in [-0.15, -0.1) is 11.3 Å². The van der Waals surface area contributed by atoms with Crippen LogP contribution in [0.5, 0.6) is 0 Å². The largest absolute Gasteiger partial charge is 0.455 e. The number of aromatic nitrogens is 1. The molecule has 1 aromatic rings. The Hall–Kier alpha value is -1.90. The van der Waals surface area contributed by atoms with Gasteiger partial charge in [0.2, 0.25) is 0 Å². The minimum absolute atomic E-state index is 0.0864. The monoisotopic (exact) mass is 509 g/mol. The van der Waals surface area contributed by atoms with E-state index in [0.29, 0.717) is 25.0 Å². The molecule has 196 valence electrons. The average Bonchev–Trinajstić information content (AvgIpc) is 3.19. The molecule has 0 spiro atoms. The van der Waals surface area contributed by atoms with E-state index in [1.165, 1.54) is 17.4 Å². The molecule has 3 atom stereocenters. The van der Waals surface area contributed by atoms with Gasteiger partial charge in [-0.05, 0) is 46.0 Å². The highest BCUT2D eigenvalue weighted by Gasteiger charge is 2.47. The van der Waals surface area contributed by atoms with E-state index in [9.17, 15) is 19.8 Å². The number of cyclic esters (lactones) is 1. The third-order valence-electron chi connectivity index (χ3n) is 6.98. The molecule has 2 rings (SSSR count). The van der Waals surface area contributed by atoms with Crippen molar-refractivity contribution in [1.82, 2.24) is 4.98 Å². The maximum atomic E-state index is 15.1. The van der Waals surface area contributed by atoms with E-state index in [0.717, 1.165) is 10.6 Å². The van der Waals surface area contributed by atoms with Gasteiger partial charge in [-0.2, -0.15) is 0 Å². The van der Waals surface area contributed by atoms with Gasteiger partial charge in [0.05, 0.1) is 16.6 Å². The lowest BCUT2D eigenvalue weighted by molar-refractivity contribution is -0.234. The van der Waals surface area contributed by atoms with Crippen molar-refractivity contribution in [3.8, 4) is 0 Å². The highest BCUT2D eigenvalue weighted by molar-refractivity contribution is 7.09. The summed E-state index contributed by atoms with van der Waals surface area (Å²) >= 11 is 1.41. The number of Topliss-reactive ketones (excluding diaryl/α,β-unsaturated/α-hetero) is 1. The first-order valence-electron chi connectivity index (χ1n) is 12.4. The number of rotatable bonds is 3. The van der Waals surface area contributed by atoms with Gasteiger partial charge in [0.25, 0.3) is 0 Å². The number of ketones is 1. The highest BCUT2D eigenvalue weighted by atomic mass is 32.1. The first-order chi connectivity index (χ1) is 16.3. The second-order valence-electron chi connectivity index (χ2n) is 10.4. The fourth-order valence-electron chi connectivity index (χ4n) is 4.46. The Kier molecular flexibility index (Phi) is 10.4. The number of nitrogens with zero attached hydrogens (tertiary/aromatic N) is 1. The van der Waals surface area contributed by atoms with E-state index in [4.69, 9.17) is 4.74 Å². The van der Waals surface area contributed by atoms with Crippen LogP contribution in [0.2, 0.25) is 0 Å². The number of aliphatic hydroxyl groups is 2. The summed E-state index contributed by atoms with van der Waals surface area (Å²) in [4.78, 5) is 30.3. The van der Waals surface area contributed by atoms with E-state index >= 15 is 4.39 Å². The summed E-state index contributed by atoms with van der Waals surface area (Å²) in [6, 6.07) is 0. The van der Waals surface area contributed by atoms with Crippen molar-refractivity contribution in [2.24, 2.45) is 17.3 Å². The van der Waals surface area contributed by atoms with Crippen molar-refractivity contribution in [1.29, 1.82) is 0 Å². The van der Waals surface area contributed by atoms with Gasteiger partial charge in [0, 0.05) is 35.6 Å². The van der Waals surface area contributed by atoms with Crippen molar-refractivity contribution < 1.29 is 28.9 Å². The molecule has 0 aromatic carbocycles. The molecule has 0 aliphatic carbocycles. The third kappa shape index (κ3) is 8.05. The highest BCUT2D eigenvalue weighted by Crippen LogP contribution is 2.37. The molecule has 0 saturated heterocycles. The summed E-state index contributed by atoms with van der Waals surface area (Å²) in [5.74, 6) is -5.09. The molecule has 0 bridgehead atoms. The Morgan fingerprint density at radius 1 is 1.29 bits per heavy atom. The molecule has 2 heterocycles. The van der Waals surface area contributed by atoms with Crippen LogP contribution >= 0.6 is 11.3 Å². The molecule has 1 aromatic heterocycles. The van der Waals surface area contributed by atoms with E-state index in [1.54, 1.807) is 33.1 Å². The summed E-state index contributed by atoms with van der Waals surface area (Å²) in [5.41, 5.74) is 0.496. The van der Waals surface area contributed by atoms with Crippen LogP contribution in [0.4, 0.5) is 4.39 Å². The van der Waals surface area contributed by atoms with Crippen molar-refractivity contribution in [3.05, 3.63) is 33.6 Å². The quantitative estimate of drug-likeness (QED) is 0.299. The first-order valence-corrected chi connectivity index (χ1v) is 13.3. The van der Waals surface area contributed by atoms with Crippen molar-refractivity contribution >= 4 is 29.2 Å². The van der Waals surface area contributed by atoms with Crippen LogP contribution in [0.15, 0.2) is 22.9 Å². The summed E-state index contributed by atoms with van der Waals surface area (Å²) in [6.07, 6.45) is 4.50. The smallest absolute Gasteiger partial charge is 0.306 e. The molecule has 3 unspecified atom stereocenters. The average molecular weight is 510 g/mol. The Balaban J connectivity index is 2.33. The number of ether oxygens (including phenoxy) is 1. The van der Waals surface area contributed by atoms with Crippen LogP contribution in [0.3, 0.4) is 0 Å². The molecule has 0 saturated carbocycles. The van der Waals surface area contributed by atoms with Crippen LogP contribution in [0.1, 0.15) is 90.3 Å². The van der Waals surface area contributed by atoms with Gasteiger partial charge in [0.1, 0.15) is 11.6 Å². The van der Waals surface area contributed by atoms with Gasteiger partial charge < -0.3 is 14.9 Å². The van der Waals surface area contributed by atoms with Crippen LogP contribution < -0.4 is 0 Å². The fraction of sp³-hybridized carbons (Fsp3) is 0.667. The predicted octanol–water partition coefficient (Wildman–Crippen LogP) is 5.91. The van der Waals surface area contributed by atoms with Crippen LogP contribution in [-0.2, 0) is 14.3 Å². The second-order valence-corrected chi connectivity index (χ2v) is 11.4. The molecule has 0 fully saturated rings. The molecule has 0 amide bonds. The third-order valence-corrected chi connectivity index (χ3v) is 7.77. The lowest BCUT2D eigenvalue weighted by atomic mass is 9.71. The van der Waals surface area contributed by atoms with Gasteiger partial charge in [-0.1, -0.05) is 39.3 Å². The fourth-order valence-corrected chi connectivity index (χ4v) is 5.03. The van der Waals surface area contributed by atoms with Crippen LogP contribution in [0, 0.1) is 24.2 Å². The Morgan fingerprint density at radius 3 is 2.57 bits per heavy atom. The topological polar surface area (TPSA) is 96.7 Å². The van der Waals surface area contributed by atoms with Gasteiger partial charge in [0.15, 0.2) is 11.9 Å². The Morgan fingerprint density at radius 2 is 1.97 bits per heavy atom.